The third-order valence-electron chi connectivity index (χ3n) is 12.0. The summed E-state index contributed by atoms with van der Waals surface area (Å²) in [6, 6.07) is 13.9. The van der Waals surface area contributed by atoms with Gasteiger partial charge in [-0.1, -0.05) is 122 Å². The van der Waals surface area contributed by atoms with E-state index in [0.29, 0.717) is 12.8 Å². The summed E-state index contributed by atoms with van der Waals surface area (Å²) in [5, 5.41) is 8.50. The lowest BCUT2D eigenvalue weighted by Gasteiger charge is -2.40. The molecule has 3 aromatic rings. The van der Waals surface area contributed by atoms with E-state index in [4.69, 9.17) is 4.74 Å². The van der Waals surface area contributed by atoms with Crippen LogP contribution in [0, 0.1) is 17.8 Å². The highest BCUT2D eigenvalue weighted by atomic mass is 32.1. The van der Waals surface area contributed by atoms with Gasteiger partial charge >= 0.3 is 0 Å². The molecular weight excluding hydrogens is 831 g/mol. The number of nitrogens with zero attached hydrogens (tertiary/aromatic N) is 5. The van der Waals surface area contributed by atoms with E-state index >= 15 is 0 Å². The Morgan fingerprint density at radius 2 is 1.28 bits per heavy atom. The number of amides is 6. The van der Waals surface area contributed by atoms with Gasteiger partial charge in [0.1, 0.15) is 35.2 Å². The second kappa shape index (κ2) is 26.0. The summed E-state index contributed by atoms with van der Waals surface area (Å²) in [6.07, 6.45) is 3.98. The molecule has 1 heterocycles. The lowest BCUT2D eigenvalue weighted by atomic mass is 9.93. The van der Waals surface area contributed by atoms with Crippen LogP contribution in [0.3, 0.4) is 0 Å². The molecule has 0 bridgehead atoms. The number of hydrogen-bond acceptors (Lipinski definition) is 9. The number of carbonyl (C=O) groups excluding carboxylic acids is 6. The first-order valence-electron chi connectivity index (χ1n) is 22.5. The van der Waals surface area contributed by atoms with Crippen LogP contribution >= 0.6 is 11.3 Å². The Morgan fingerprint density at radius 1 is 0.703 bits per heavy atom. The number of rotatable bonds is 25. The Bertz CT molecular complexity index is 1930. The zero-order valence-corrected chi connectivity index (χ0v) is 40.9. The third-order valence-corrected chi connectivity index (χ3v) is 12.7. The number of aromatic nitrogens is 1. The van der Waals surface area contributed by atoms with Crippen molar-refractivity contribution in [1.29, 1.82) is 0 Å². The predicted molar refractivity (Wildman–Crippen MR) is 252 cm³/mol. The van der Waals surface area contributed by atoms with Crippen LogP contribution in [-0.2, 0) is 52.9 Å². The monoisotopic (exact) mass is 904 g/mol. The predicted octanol–water partition coefficient (Wildman–Crippen LogP) is 5.60. The Kier molecular flexibility index (Phi) is 21.6. The minimum Gasteiger partial charge on any atom is -0.381 e. The van der Waals surface area contributed by atoms with Gasteiger partial charge in [-0.3, -0.25) is 28.8 Å². The van der Waals surface area contributed by atoms with Crippen LogP contribution in [0.1, 0.15) is 90.3 Å². The number of likely N-dealkylation sites (N-methyl/N-ethyl adjacent to an activating group) is 4. The van der Waals surface area contributed by atoms with Crippen LogP contribution in [0.2, 0.25) is 0 Å². The maximum atomic E-state index is 14.8. The van der Waals surface area contributed by atoms with Crippen molar-refractivity contribution < 1.29 is 33.5 Å². The van der Waals surface area contributed by atoms with Gasteiger partial charge in [0.25, 0.3) is 0 Å². The standard InChI is InChI=1S/C49H73N7O7S/c1-13-21-37(63-12)30-40(57)51-38(28-35-22-17-15-18-23-35)46(59)55(10)43(33(5)6)45(58)52-42(32(3)4)48(61)56(11)44(34(7)14-2)49(62)54(9)39(29-36-24-19-16-20-25-36)47(60)53(8)31-41-50-26-27-64-41/h15-20,22-27,32-34,37-39,42-44H,13-14,21,28-31H2,1-12H3,(H,51,57)(H,52,58)/t34-,37-,38-,39-,42-,43+,44-/m0/s1. The SMILES string of the molecule is CCC[C@@H](CC(=O)N[C@@H](Cc1ccccc1)C(=O)N(C)[C@@H](C(=O)N[C@H](C(=O)N(C)[C@H](C(=O)N(C)[C@@H](Cc1ccccc1)C(=O)N(C)Cc1nccs1)[C@@H](C)CC)C(C)C)C(C)C)OC. The number of ether oxygens (including phenoxy) is 1. The van der Waals surface area contributed by atoms with Crippen molar-refractivity contribution in [3.05, 3.63) is 88.4 Å². The molecule has 0 radical (unpaired) electrons. The van der Waals surface area contributed by atoms with Gasteiger partial charge in [-0.15, -0.1) is 11.3 Å². The summed E-state index contributed by atoms with van der Waals surface area (Å²) in [5.74, 6) is -3.60. The lowest BCUT2D eigenvalue weighted by Crippen LogP contribution is -2.62. The molecular formula is C49H73N7O7S. The van der Waals surface area contributed by atoms with Crippen molar-refractivity contribution in [2.45, 2.75) is 130 Å². The zero-order valence-electron chi connectivity index (χ0n) is 40.1. The maximum absolute atomic E-state index is 14.8. The molecule has 14 nitrogen and oxygen atoms in total. The summed E-state index contributed by atoms with van der Waals surface area (Å²) in [5.41, 5.74) is 1.71. The fourth-order valence-corrected chi connectivity index (χ4v) is 8.69. The topological polar surface area (TPSA) is 162 Å². The zero-order chi connectivity index (χ0) is 47.7. The molecule has 2 N–H and O–H groups in total. The minimum absolute atomic E-state index is 0.0801. The van der Waals surface area contributed by atoms with Gasteiger partial charge in [-0.25, -0.2) is 4.98 Å². The lowest BCUT2D eigenvalue weighted by molar-refractivity contribution is -0.153. The Morgan fingerprint density at radius 3 is 1.78 bits per heavy atom. The van der Waals surface area contributed by atoms with Gasteiger partial charge in [0.2, 0.25) is 35.4 Å². The quantitative estimate of drug-likeness (QED) is 0.111. The molecule has 15 heteroatoms. The van der Waals surface area contributed by atoms with Crippen molar-refractivity contribution in [3.63, 3.8) is 0 Å². The van der Waals surface area contributed by atoms with E-state index in [1.165, 1.54) is 26.0 Å². The molecule has 2 aromatic carbocycles. The molecule has 0 saturated carbocycles. The van der Waals surface area contributed by atoms with Crippen molar-refractivity contribution in [3.8, 4) is 0 Å². The van der Waals surface area contributed by atoms with Crippen LogP contribution in [-0.4, -0.2) is 132 Å². The van der Waals surface area contributed by atoms with E-state index in [9.17, 15) is 28.8 Å². The molecule has 0 aliphatic heterocycles. The van der Waals surface area contributed by atoms with Gasteiger partial charge in [0.15, 0.2) is 0 Å². The molecule has 352 valence electrons. The highest BCUT2D eigenvalue weighted by Gasteiger charge is 2.42. The van der Waals surface area contributed by atoms with Crippen molar-refractivity contribution in [2.75, 3.05) is 35.3 Å². The van der Waals surface area contributed by atoms with Gasteiger partial charge in [-0.05, 0) is 35.3 Å². The van der Waals surface area contributed by atoms with E-state index in [0.717, 1.165) is 22.6 Å². The number of hydrogen-bond donors (Lipinski definition) is 2. The highest BCUT2D eigenvalue weighted by molar-refractivity contribution is 7.09. The minimum atomic E-state index is -1.07. The second-order valence-corrected chi connectivity index (χ2v) is 18.6. The number of carbonyl (C=O) groups is 6. The molecule has 1 aromatic heterocycles. The molecule has 6 amide bonds. The summed E-state index contributed by atoms with van der Waals surface area (Å²) in [7, 11) is 7.97. The van der Waals surface area contributed by atoms with Crippen LogP contribution in [0.4, 0.5) is 0 Å². The fourth-order valence-electron chi connectivity index (χ4n) is 8.02. The average Bonchev–Trinajstić information content (AvgIpc) is 3.79. The normalized spacial score (nSPS) is 14.7. The number of nitrogens with one attached hydrogen (secondary N) is 2. The molecule has 64 heavy (non-hydrogen) atoms. The van der Waals surface area contributed by atoms with Gasteiger partial charge in [0, 0.05) is 59.7 Å². The van der Waals surface area contributed by atoms with E-state index in [1.807, 2.05) is 115 Å². The Labute approximate surface area is 385 Å². The summed E-state index contributed by atoms with van der Waals surface area (Å²) >= 11 is 1.44. The number of thiazole rings is 1. The third kappa shape index (κ3) is 15.0. The van der Waals surface area contributed by atoms with Crippen molar-refractivity contribution in [1.82, 2.24) is 35.2 Å². The van der Waals surface area contributed by atoms with E-state index < -0.39 is 59.8 Å². The smallest absolute Gasteiger partial charge is 0.246 e. The van der Waals surface area contributed by atoms with Crippen LogP contribution in [0.25, 0.3) is 0 Å². The first kappa shape index (κ1) is 53.2. The first-order valence-corrected chi connectivity index (χ1v) is 23.4. The molecule has 0 spiro atoms. The van der Waals surface area contributed by atoms with E-state index in [2.05, 4.69) is 15.6 Å². The first-order chi connectivity index (χ1) is 30.4. The number of benzene rings is 2. The molecule has 0 unspecified atom stereocenters. The molecule has 7 atom stereocenters. The van der Waals surface area contributed by atoms with E-state index in [1.54, 1.807) is 46.4 Å². The Balaban J connectivity index is 1.91. The van der Waals surface area contributed by atoms with Crippen LogP contribution in [0.15, 0.2) is 72.2 Å². The van der Waals surface area contributed by atoms with Crippen molar-refractivity contribution in [2.24, 2.45) is 17.8 Å². The largest absolute Gasteiger partial charge is 0.381 e. The maximum Gasteiger partial charge on any atom is 0.246 e. The van der Waals surface area contributed by atoms with Crippen LogP contribution < -0.4 is 10.6 Å². The molecule has 0 saturated heterocycles. The van der Waals surface area contributed by atoms with Crippen molar-refractivity contribution >= 4 is 46.8 Å². The highest BCUT2D eigenvalue weighted by Crippen LogP contribution is 2.23. The summed E-state index contributed by atoms with van der Waals surface area (Å²) in [4.78, 5) is 96.0. The average molecular weight is 904 g/mol. The molecule has 0 fully saturated rings. The van der Waals surface area contributed by atoms with Crippen LogP contribution in [0.5, 0.6) is 0 Å². The van der Waals surface area contributed by atoms with Gasteiger partial charge < -0.3 is 35.0 Å². The second-order valence-electron chi connectivity index (χ2n) is 17.6. The summed E-state index contributed by atoms with van der Waals surface area (Å²) in [6.45, 7) is 13.4. The summed E-state index contributed by atoms with van der Waals surface area (Å²) < 4.78 is 5.51. The molecule has 0 aliphatic rings. The van der Waals surface area contributed by atoms with Gasteiger partial charge in [-0.2, -0.15) is 0 Å². The molecule has 3 rings (SSSR count). The molecule has 0 aliphatic carbocycles. The number of methoxy groups -OCH3 is 1. The Hall–Kier alpha value is -5.15. The van der Waals surface area contributed by atoms with Gasteiger partial charge in [0.05, 0.1) is 19.1 Å². The van der Waals surface area contributed by atoms with E-state index in [-0.39, 0.29) is 55.6 Å². The fraction of sp³-hybridized carbons (Fsp3) is 0.571.